The number of pyridine rings is 1. The third-order valence-electron chi connectivity index (χ3n) is 0.743. The highest BCUT2D eigenvalue weighted by Gasteiger charge is 2.04. The molecule has 0 aliphatic heterocycles. The van der Waals surface area contributed by atoms with Crippen molar-refractivity contribution in [2.45, 2.75) is 0 Å². The van der Waals surface area contributed by atoms with Crippen molar-refractivity contribution in [2.75, 3.05) is 0 Å². The molecule has 0 amide bonds. The molecule has 0 saturated heterocycles. The summed E-state index contributed by atoms with van der Waals surface area (Å²) in [5.74, 6) is -2.26. The molecule has 0 aliphatic carbocycles. The van der Waals surface area contributed by atoms with E-state index < -0.39 is 16.8 Å². The van der Waals surface area contributed by atoms with E-state index in [1.165, 1.54) is 0 Å². The molecule has 0 spiro atoms. The van der Waals surface area contributed by atoms with Gasteiger partial charge in [-0.25, -0.2) is 13.8 Å². The fourth-order valence-corrected chi connectivity index (χ4v) is 0.488. The first-order valence-corrected chi connectivity index (χ1v) is 2.47. The van der Waals surface area contributed by atoms with E-state index in [4.69, 9.17) is 11.6 Å². The topological polar surface area (TPSA) is 12.9 Å². The van der Waals surface area contributed by atoms with Crippen molar-refractivity contribution in [1.82, 2.24) is 4.98 Å². The molecule has 0 atom stereocenters. The maximum Gasteiger partial charge on any atom is 0.196 e. The van der Waals surface area contributed by atoms with Crippen molar-refractivity contribution in [3.63, 3.8) is 0 Å². The first-order valence-electron chi connectivity index (χ1n) is 2.09. The quantitative estimate of drug-likeness (QED) is 0.512. The number of rotatable bonds is 0. The third kappa shape index (κ3) is 1.16. The van der Waals surface area contributed by atoms with Gasteiger partial charge in [0.25, 0.3) is 0 Å². The fraction of sp³-hybridized carbons (Fsp3) is 0. The van der Waals surface area contributed by atoms with E-state index in [1.807, 2.05) is 6.07 Å². The summed E-state index contributed by atoms with van der Waals surface area (Å²) in [5, 5.41) is -0.466. The molecule has 1 radical (unpaired) electrons. The second-order valence-electron chi connectivity index (χ2n) is 1.32. The van der Waals surface area contributed by atoms with Crippen molar-refractivity contribution >= 4 is 11.6 Å². The zero-order chi connectivity index (χ0) is 6.85. The van der Waals surface area contributed by atoms with Crippen molar-refractivity contribution in [3.05, 3.63) is 29.1 Å². The Morgan fingerprint density at radius 1 is 1.56 bits per heavy atom. The summed E-state index contributed by atoms with van der Waals surface area (Å²) in [5.41, 5.74) is 0. The Kier molecular flexibility index (Phi) is 1.62. The Labute approximate surface area is 55.3 Å². The molecule has 0 fully saturated rings. The standard InChI is InChI=1S/C5HClF2N/c6-5-4(8)3(7)1-2-9-5/h2H. The van der Waals surface area contributed by atoms with Crippen LogP contribution in [0, 0.1) is 17.7 Å². The van der Waals surface area contributed by atoms with Crippen molar-refractivity contribution in [2.24, 2.45) is 0 Å². The molecule has 0 aromatic carbocycles. The van der Waals surface area contributed by atoms with E-state index in [-0.39, 0.29) is 0 Å². The lowest BCUT2D eigenvalue weighted by Crippen LogP contribution is -1.86. The van der Waals surface area contributed by atoms with Crippen LogP contribution < -0.4 is 0 Å². The number of hydrogen-bond acceptors (Lipinski definition) is 1. The SMILES string of the molecule is Fc1[c]cnc(Cl)c1F. The predicted octanol–water partition coefficient (Wildman–Crippen LogP) is 1.81. The molecule has 0 bridgehead atoms. The summed E-state index contributed by atoms with van der Waals surface area (Å²) in [6.45, 7) is 0. The molecule has 0 N–H and O–H groups in total. The lowest BCUT2D eigenvalue weighted by Gasteiger charge is -1.89. The summed E-state index contributed by atoms with van der Waals surface area (Å²) >= 11 is 5.07. The molecule has 0 aliphatic rings. The fourth-order valence-electron chi connectivity index (χ4n) is 0.356. The van der Waals surface area contributed by atoms with Crippen LogP contribution in [0.5, 0.6) is 0 Å². The minimum atomic E-state index is -1.15. The smallest absolute Gasteiger partial charge is 0.196 e. The first-order chi connectivity index (χ1) is 4.22. The molecule has 0 saturated carbocycles. The average molecular weight is 149 g/mol. The molecular weight excluding hydrogens is 148 g/mol. The number of halogens is 3. The minimum Gasteiger partial charge on any atom is -0.241 e. The van der Waals surface area contributed by atoms with Crippen LogP contribution in [0.15, 0.2) is 6.20 Å². The minimum absolute atomic E-state index is 0.466. The molecule has 1 aromatic heterocycles. The van der Waals surface area contributed by atoms with Gasteiger partial charge in [-0.15, -0.1) is 0 Å². The summed E-state index contributed by atoms with van der Waals surface area (Å²) in [6.07, 6.45) is 0.973. The number of nitrogens with zero attached hydrogens (tertiary/aromatic N) is 1. The molecular formula is C5HClF2N. The molecule has 0 unspecified atom stereocenters. The van der Waals surface area contributed by atoms with Crippen LogP contribution in [0.4, 0.5) is 8.78 Å². The van der Waals surface area contributed by atoms with Gasteiger partial charge in [-0.05, 0) is 0 Å². The highest BCUT2D eigenvalue weighted by Crippen LogP contribution is 2.11. The molecule has 1 rings (SSSR count). The van der Waals surface area contributed by atoms with Gasteiger partial charge in [0.05, 0.1) is 0 Å². The Bertz CT molecular complexity index is 206. The van der Waals surface area contributed by atoms with Crippen molar-refractivity contribution in [1.29, 1.82) is 0 Å². The third-order valence-corrected chi connectivity index (χ3v) is 1.01. The van der Waals surface area contributed by atoms with Crippen LogP contribution in [0.1, 0.15) is 0 Å². The average Bonchev–Trinajstić information content (AvgIpc) is 1.83. The summed E-state index contributed by atoms with van der Waals surface area (Å²) in [6, 6.07) is 1.90. The van der Waals surface area contributed by atoms with Gasteiger partial charge >= 0.3 is 0 Å². The van der Waals surface area contributed by atoms with Crippen LogP contribution in [0.25, 0.3) is 0 Å². The molecule has 1 nitrogen and oxygen atoms in total. The lowest BCUT2D eigenvalue weighted by atomic mass is 10.5. The van der Waals surface area contributed by atoms with E-state index in [0.717, 1.165) is 6.20 Å². The van der Waals surface area contributed by atoms with Crippen LogP contribution in [-0.2, 0) is 0 Å². The van der Waals surface area contributed by atoms with Gasteiger partial charge in [0.2, 0.25) is 0 Å². The largest absolute Gasteiger partial charge is 0.241 e. The molecule has 1 heterocycles. The Morgan fingerprint density at radius 3 is 2.67 bits per heavy atom. The molecule has 4 heteroatoms. The van der Waals surface area contributed by atoms with Crippen LogP contribution in [0.2, 0.25) is 5.15 Å². The van der Waals surface area contributed by atoms with Crippen molar-refractivity contribution < 1.29 is 8.78 Å². The second kappa shape index (κ2) is 2.27. The summed E-state index contributed by atoms with van der Waals surface area (Å²) < 4.78 is 24.2. The van der Waals surface area contributed by atoms with Crippen LogP contribution in [-0.4, -0.2) is 4.98 Å². The van der Waals surface area contributed by atoms with Crippen LogP contribution >= 0.6 is 11.6 Å². The number of aromatic nitrogens is 1. The number of hydrogen-bond donors (Lipinski definition) is 0. The van der Waals surface area contributed by atoms with E-state index in [2.05, 4.69) is 4.98 Å². The monoisotopic (exact) mass is 148 g/mol. The zero-order valence-corrected chi connectivity index (χ0v) is 4.91. The second-order valence-corrected chi connectivity index (χ2v) is 1.68. The highest BCUT2D eigenvalue weighted by atomic mass is 35.5. The Balaban J connectivity index is 3.25. The van der Waals surface area contributed by atoms with E-state index in [0.29, 0.717) is 0 Å². The maximum absolute atomic E-state index is 12.1. The molecule has 9 heavy (non-hydrogen) atoms. The lowest BCUT2D eigenvalue weighted by molar-refractivity contribution is 0.502. The van der Waals surface area contributed by atoms with Crippen LogP contribution in [0.3, 0.4) is 0 Å². The van der Waals surface area contributed by atoms with E-state index in [9.17, 15) is 8.78 Å². The van der Waals surface area contributed by atoms with Crippen molar-refractivity contribution in [3.8, 4) is 0 Å². The van der Waals surface area contributed by atoms with Gasteiger partial charge in [0, 0.05) is 12.3 Å². The van der Waals surface area contributed by atoms with Gasteiger partial charge in [0.15, 0.2) is 16.8 Å². The van der Waals surface area contributed by atoms with Gasteiger partial charge in [-0.2, -0.15) is 0 Å². The van der Waals surface area contributed by atoms with E-state index in [1.54, 1.807) is 0 Å². The van der Waals surface area contributed by atoms with E-state index >= 15 is 0 Å². The Hall–Kier alpha value is -0.700. The predicted molar refractivity (Wildman–Crippen MR) is 28.0 cm³/mol. The molecule has 1 aromatic rings. The van der Waals surface area contributed by atoms with Gasteiger partial charge in [-0.3, -0.25) is 0 Å². The highest BCUT2D eigenvalue weighted by molar-refractivity contribution is 6.29. The van der Waals surface area contributed by atoms with Gasteiger partial charge in [0.1, 0.15) is 0 Å². The zero-order valence-electron chi connectivity index (χ0n) is 4.16. The summed E-state index contributed by atoms with van der Waals surface area (Å²) in [4.78, 5) is 3.23. The maximum atomic E-state index is 12.1. The normalized spacial score (nSPS) is 9.67. The molecule has 47 valence electrons. The summed E-state index contributed by atoms with van der Waals surface area (Å²) in [7, 11) is 0. The van der Waals surface area contributed by atoms with Gasteiger partial charge < -0.3 is 0 Å². The first kappa shape index (κ1) is 6.42. The van der Waals surface area contributed by atoms with Gasteiger partial charge in [-0.1, -0.05) is 11.6 Å². The Morgan fingerprint density at radius 2 is 2.22 bits per heavy atom.